The molecule has 1 saturated carbocycles. The molecule has 4 heteroatoms. The molecule has 2 rings (SSSR count). The summed E-state index contributed by atoms with van der Waals surface area (Å²) in [7, 11) is 7.74. The van der Waals surface area contributed by atoms with E-state index < -0.39 is 0 Å². The number of hydrogen-bond donors (Lipinski definition) is 1. The summed E-state index contributed by atoms with van der Waals surface area (Å²) in [4.78, 5) is 2.35. The molecule has 0 aromatic heterocycles. The molecule has 1 N–H and O–H groups in total. The predicted octanol–water partition coefficient (Wildman–Crippen LogP) is 2.28. The van der Waals surface area contributed by atoms with E-state index in [1.807, 2.05) is 18.2 Å². The maximum Gasteiger partial charge on any atom is 0.123 e. The van der Waals surface area contributed by atoms with Crippen LogP contribution in [0.4, 0.5) is 0 Å². The van der Waals surface area contributed by atoms with Gasteiger partial charge in [-0.3, -0.25) is 0 Å². The minimum atomic E-state index is 0.339. The molecule has 0 bridgehead atoms. The minimum Gasteiger partial charge on any atom is -0.497 e. The third-order valence-electron chi connectivity index (χ3n) is 4.49. The Labute approximate surface area is 122 Å². The van der Waals surface area contributed by atoms with Gasteiger partial charge in [0.15, 0.2) is 0 Å². The number of rotatable bonds is 7. The fraction of sp³-hybridized carbons (Fsp3) is 0.625. The van der Waals surface area contributed by atoms with Crippen LogP contribution in [-0.4, -0.2) is 45.3 Å². The summed E-state index contributed by atoms with van der Waals surface area (Å²) >= 11 is 0. The molecule has 0 unspecified atom stereocenters. The second-order valence-corrected chi connectivity index (χ2v) is 5.75. The number of benzene rings is 1. The first-order valence-electron chi connectivity index (χ1n) is 7.20. The van der Waals surface area contributed by atoms with E-state index in [2.05, 4.69) is 24.3 Å². The zero-order valence-electron chi connectivity index (χ0n) is 13.0. The van der Waals surface area contributed by atoms with Crippen LogP contribution in [0.1, 0.15) is 24.8 Å². The predicted molar refractivity (Wildman–Crippen MR) is 81.5 cm³/mol. The average Bonchev–Trinajstić information content (AvgIpc) is 2.41. The highest BCUT2D eigenvalue weighted by Crippen LogP contribution is 2.35. The van der Waals surface area contributed by atoms with Gasteiger partial charge >= 0.3 is 0 Å². The van der Waals surface area contributed by atoms with Crippen molar-refractivity contribution in [3.63, 3.8) is 0 Å². The maximum absolute atomic E-state index is 5.41. The monoisotopic (exact) mass is 278 g/mol. The SMILES string of the molecule is COc1ccc(OC)c(CNCC2(N(C)C)CCC2)c1. The summed E-state index contributed by atoms with van der Waals surface area (Å²) in [5.74, 6) is 1.78. The van der Waals surface area contributed by atoms with Crippen LogP contribution >= 0.6 is 0 Å². The van der Waals surface area contributed by atoms with Crippen molar-refractivity contribution in [1.29, 1.82) is 0 Å². The lowest BCUT2D eigenvalue weighted by atomic mass is 9.75. The number of likely N-dealkylation sites (N-methyl/N-ethyl adjacent to an activating group) is 1. The van der Waals surface area contributed by atoms with Crippen molar-refractivity contribution >= 4 is 0 Å². The van der Waals surface area contributed by atoms with Crippen LogP contribution in [0.15, 0.2) is 18.2 Å². The molecule has 0 heterocycles. The van der Waals surface area contributed by atoms with Gasteiger partial charge in [0.2, 0.25) is 0 Å². The summed E-state index contributed by atoms with van der Waals surface area (Å²) in [6.07, 6.45) is 3.90. The summed E-state index contributed by atoms with van der Waals surface area (Å²) < 4.78 is 10.7. The fourth-order valence-electron chi connectivity index (χ4n) is 2.82. The van der Waals surface area contributed by atoms with Gasteiger partial charge in [0.1, 0.15) is 11.5 Å². The second-order valence-electron chi connectivity index (χ2n) is 5.75. The van der Waals surface area contributed by atoms with Crippen LogP contribution in [0.25, 0.3) is 0 Å². The first-order valence-corrected chi connectivity index (χ1v) is 7.20. The third-order valence-corrected chi connectivity index (χ3v) is 4.49. The Morgan fingerprint density at radius 1 is 1.20 bits per heavy atom. The molecule has 0 saturated heterocycles. The van der Waals surface area contributed by atoms with E-state index in [1.165, 1.54) is 19.3 Å². The Morgan fingerprint density at radius 2 is 1.95 bits per heavy atom. The van der Waals surface area contributed by atoms with E-state index in [-0.39, 0.29) is 0 Å². The smallest absolute Gasteiger partial charge is 0.123 e. The Morgan fingerprint density at radius 3 is 2.45 bits per heavy atom. The first kappa shape index (κ1) is 15.1. The van der Waals surface area contributed by atoms with E-state index in [0.29, 0.717) is 5.54 Å². The van der Waals surface area contributed by atoms with Gasteiger partial charge in [-0.05, 0) is 51.6 Å². The lowest BCUT2D eigenvalue weighted by Gasteiger charge is -2.47. The number of ether oxygens (including phenoxy) is 2. The molecule has 112 valence electrons. The Kier molecular flexibility index (Phi) is 4.89. The summed E-state index contributed by atoms with van der Waals surface area (Å²) in [5, 5.41) is 3.57. The topological polar surface area (TPSA) is 33.7 Å². The van der Waals surface area contributed by atoms with Gasteiger partial charge in [-0.2, -0.15) is 0 Å². The van der Waals surface area contributed by atoms with Gasteiger partial charge in [0.25, 0.3) is 0 Å². The number of hydrogen-bond acceptors (Lipinski definition) is 4. The van der Waals surface area contributed by atoms with E-state index >= 15 is 0 Å². The molecule has 1 aliphatic carbocycles. The molecular weight excluding hydrogens is 252 g/mol. The molecule has 0 spiro atoms. The van der Waals surface area contributed by atoms with Gasteiger partial charge in [0, 0.05) is 24.2 Å². The standard InChI is InChI=1S/C16H26N2O2/c1-18(2)16(8-5-9-16)12-17-11-13-10-14(19-3)6-7-15(13)20-4/h6-7,10,17H,5,8-9,11-12H2,1-4H3. The molecule has 0 amide bonds. The van der Waals surface area contributed by atoms with Gasteiger partial charge in [-0.1, -0.05) is 0 Å². The van der Waals surface area contributed by atoms with Gasteiger partial charge < -0.3 is 19.7 Å². The highest BCUT2D eigenvalue weighted by Gasteiger charge is 2.38. The molecule has 0 aliphatic heterocycles. The first-order chi connectivity index (χ1) is 9.61. The molecule has 1 aliphatic rings. The Hall–Kier alpha value is -1.26. The maximum atomic E-state index is 5.41. The second kappa shape index (κ2) is 6.46. The van der Waals surface area contributed by atoms with E-state index in [0.717, 1.165) is 30.2 Å². The lowest BCUT2D eigenvalue weighted by molar-refractivity contribution is 0.0597. The van der Waals surface area contributed by atoms with Crippen molar-refractivity contribution in [3.8, 4) is 11.5 Å². The molecule has 4 nitrogen and oxygen atoms in total. The molecule has 0 radical (unpaired) electrons. The zero-order valence-corrected chi connectivity index (χ0v) is 13.0. The summed E-state index contributed by atoms with van der Waals surface area (Å²) in [6, 6.07) is 5.92. The number of nitrogens with one attached hydrogen (secondary N) is 1. The van der Waals surface area contributed by atoms with Crippen molar-refractivity contribution < 1.29 is 9.47 Å². The number of methoxy groups -OCH3 is 2. The molecule has 0 atom stereocenters. The molecule has 1 fully saturated rings. The van der Waals surface area contributed by atoms with Crippen molar-refractivity contribution in [2.24, 2.45) is 0 Å². The van der Waals surface area contributed by atoms with E-state index in [1.54, 1.807) is 14.2 Å². The Bertz CT molecular complexity index is 442. The third kappa shape index (κ3) is 3.07. The molecule has 1 aromatic rings. The number of nitrogens with zero attached hydrogens (tertiary/aromatic N) is 1. The zero-order chi connectivity index (χ0) is 14.6. The largest absolute Gasteiger partial charge is 0.497 e. The van der Waals surface area contributed by atoms with Crippen LogP contribution in [0, 0.1) is 0 Å². The highest BCUT2D eigenvalue weighted by atomic mass is 16.5. The van der Waals surface area contributed by atoms with Crippen molar-refractivity contribution in [1.82, 2.24) is 10.2 Å². The van der Waals surface area contributed by atoms with Crippen molar-refractivity contribution in [2.45, 2.75) is 31.3 Å². The minimum absolute atomic E-state index is 0.339. The normalized spacial score (nSPS) is 16.9. The van der Waals surface area contributed by atoms with E-state index in [4.69, 9.17) is 9.47 Å². The summed E-state index contributed by atoms with van der Waals surface area (Å²) in [6.45, 7) is 1.82. The molecular formula is C16H26N2O2. The van der Waals surface area contributed by atoms with Crippen LogP contribution in [0.5, 0.6) is 11.5 Å². The van der Waals surface area contributed by atoms with Gasteiger partial charge in [0.05, 0.1) is 14.2 Å². The summed E-state index contributed by atoms with van der Waals surface area (Å²) in [5.41, 5.74) is 1.48. The quantitative estimate of drug-likeness (QED) is 0.829. The Balaban J connectivity index is 1.96. The van der Waals surface area contributed by atoms with Crippen LogP contribution < -0.4 is 14.8 Å². The van der Waals surface area contributed by atoms with Crippen LogP contribution in [0.3, 0.4) is 0 Å². The van der Waals surface area contributed by atoms with Crippen molar-refractivity contribution in [2.75, 3.05) is 34.9 Å². The lowest BCUT2D eigenvalue weighted by Crippen LogP contribution is -2.56. The van der Waals surface area contributed by atoms with Gasteiger partial charge in [-0.15, -0.1) is 0 Å². The van der Waals surface area contributed by atoms with E-state index in [9.17, 15) is 0 Å². The molecule has 1 aromatic carbocycles. The average molecular weight is 278 g/mol. The van der Waals surface area contributed by atoms with Crippen LogP contribution in [0.2, 0.25) is 0 Å². The van der Waals surface area contributed by atoms with Crippen molar-refractivity contribution in [3.05, 3.63) is 23.8 Å². The fourth-order valence-corrected chi connectivity index (χ4v) is 2.82. The molecule has 20 heavy (non-hydrogen) atoms. The highest BCUT2D eigenvalue weighted by molar-refractivity contribution is 5.40. The van der Waals surface area contributed by atoms with Crippen LogP contribution in [-0.2, 0) is 6.54 Å². The van der Waals surface area contributed by atoms with Gasteiger partial charge in [-0.25, -0.2) is 0 Å².